The fourth-order valence-electron chi connectivity index (χ4n) is 9.39. The highest BCUT2D eigenvalue weighted by molar-refractivity contribution is 6.34. The van der Waals surface area contributed by atoms with Crippen LogP contribution in [0.25, 0.3) is 38.4 Å². The molecule has 2 aliphatic heterocycles. The Balaban J connectivity index is 0.000000171. The molecule has 0 fully saturated rings. The highest BCUT2D eigenvalue weighted by Gasteiger charge is 2.54. The predicted octanol–water partition coefficient (Wildman–Crippen LogP) is 8.51. The summed E-state index contributed by atoms with van der Waals surface area (Å²) in [6.07, 6.45) is -4.86. The highest BCUT2D eigenvalue weighted by Crippen LogP contribution is 2.48. The maximum Gasteiger partial charge on any atom is 0.402 e. The number of hydrogen-bond donors (Lipinski definition) is 2. The van der Waals surface area contributed by atoms with Crippen LogP contribution in [0.1, 0.15) is 70.6 Å². The van der Waals surface area contributed by atoms with Crippen molar-refractivity contribution in [2.75, 3.05) is 11.9 Å². The quantitative estimate of drug-likeness (QED) is 0.145. The Bertz CT molecular complexity index is 4110. The van der Waals surface area contributed by atoms with Crippen LogP contribution in [0.15, 0.2) is 153 Å². The van der Waals surface area contributed by atoms with Gasteiger partial charge in [0, 0.05) is 14.1 Å². The lowest BCUT2D eigenvalue weighted by Crippen LogP contribution is -2.41. The molecule has 0 spiro atoms. The van der Waals surface area contributed by atoms with E-state index in [-0.39, 0.29) is 61.4 Å². The van der Waals surface area contributed by atoms with Gasteiger partial charge in [0.25, 0.3) is 45.9 Å². The summed E-state index contributed by atoms with van der Waals surface area (Å²) < 4.78 is 51.0. The van der Waals surface area contributed by atoms with E-state index in [0.29, 0.717) is 49.6 Å². The molecule has 0 bridgehead atoms. The van der Waals surface area contributed by atoms with Crippen molar-refractivity contribution in [3.8, 4) is 39.8 Å². The Hall–Kier alpha value is -9.71. The van der Waals surface area contributed by atoms with Gasteiger partial charge in [-0.15, -0.1) is 0 Å². The van der Waals surface area contributed by atoms with E-state index >= 15 is 0 Å². The van der Waals surface area contributed by atoms with Crippen molar-refractivity contribution in [2.45, 2.75) is 32.4 Å². The number of ether oxygens (including phenoxy) is 1. The van der Waals surface area contributed by atoms with Crippen LogP contribution >= 0.6 is 0 Å². The molecular formula is C57H39F3N4O11. The van der Waals surface area contributed by atoms with Gasteiger partial charge in [-0.2, -0.15) is 13.2 Å². The second-order valence-corrected chi connectivity index (χ2v) is 18.4. The zero-order chi connectivity index (χ0) is 53.7. The normalized spacial score (nSPS) is 14.1. The fraction of sp³-hybridized carbons (Fsp3) is 0.123. The van der Waals surface area contributed by atoms with E-state index < -0.39 is 57.1 Å². The molecule has 2 aliphatic rings. The average Bonchev–Trinajstić information content (AvgIpc) is 3.96. The van der Waals surface area contributed by atoms with Gasteiger partial charge in [0.2, 0.25) is 0 Å². The minimum absolute atomic E-state index is 0.0791. The van der Waals surface area contributed by atoms with Crippen molar-refractivity contribution >= 4 is 50.9 Å². The van der Waals surface area contributed by atoms with Crippen molar-refractivity contribution in [1.29, 1.82) is 0 Å². The summed E-state index contributed by atoms with van der Waals surface area (Å²) in [5.74, 6) is -1.09. The van der Waals surface area contributed by atoms with Crippen LogP contribution in [0, 0.1) is 13.8 Å². The van der Waals surface area contributed by atoms with Crippen LogP contribution in [-0.2, 0) is 12.5 Å². The van der Waals surface area contributed by atoms with E-state index in [1.54, 1.807) is 60.7 Å². The van der Waals surface area contributed by atoms with Gasteiger partial charge in [-0.25, -0.2) is 9.47 Å². The number of rotatable bonds is 7. The second-order valence-electron chi connectivity index (χ2n) is 18.4. The molecule has 0 aliphatic carbocycles. The van der Waals surface area contributed by atoms with Crippen molar-refractivity contribution in [2.24, 2.45) is 7.05 Å². The molecular weight excluding hydrogens is 974 g/mol. The van der Waals surface area contributed by atoms with Crippen molar-refractivity contribution < 1.29 is 47.3 Å². The van der Waals surface area contributed by atoms with Gasteiger partial charge in [-0.05, 0) is 140 Å². The maximum absolute atomic E-state index is 14.6. The molecule has 11 rings (SSSR count). The average molecular weight is 1010 g/mol. The number of phenols is 2. The number of alkyl halides is 3. The Morgan fingerprint density at radius 1 is 0.480 bits per heavy atom. The highest BCUT2D eigenvalue weighted by atomic mass is 19.4. The third-order valence-corrected chi connectivity index (χ3v) is 13.9. The zero-order valence-corrected chi connectivity index (χ0v) is 40.2. The van der Waals surface area contributed by atoms with Crippen LogP contribution in [-0.4, -0.2) is 61.1 Å². The summed E-state index contributed by atoms with van der Waals surface area (Å²) >= 11 is 0. The molecule has 0 radical (unpaired) electrons. The molecule has 75 heavy (non-hydrogen) atoms. The Morgan fingerprint density at radius 2 is 0.933 bits per heavy atom. The number of carbonyl (C=O) groups is 4. The SMILES string of the molecule is Cc1cc(C(C)(c2ccc(O)c(-n3c(=O)c4cc5c(=O)n(C)c(=O)c5cc4c3=O)c2)C(F)(F)F)ccc1O.Cc1ccc(Oc2ccc(N3C(=O)c4ccc(-c5ccc6c(c5)C(=O)N(C)C6=O)cc4C3=O)cc2)cc1. The minimum atomic E-state index is -4.86. The first-order valence-corrected chi connectivity index (χ1v) is 22.9. The molecule has 18 heteroatoms. The van der Waals surface area contributed by atoms with Crippen LogP contribution < -0.4 is 31.9 Å². The van der Waals surface area contributed by atoms with Crippen LogP contribution in [0.5, 0.6) is 23.0 Å². The Morgan fingerprint density at radius 3 is 1.47 bits per heavy atom. The predicted molar refractivity (Wildman–Crippen MR) is 271 cm³/mol. The smallest absolute Gasteiger partial charge is 0.402 e. The van der Waals surface area contributed by atoms with E-state index in [9.17, 15) is 61.7 Å². The van der Waals surface area contributed by atoms with Crippen LogP contribution in [0.4, 0.5) is 18.9 Å². The number of nitrogens with zero attached hydrogens (tertiary/aromatic N) is 4. The lowest BCUT2D eigenvalue weighted by atomic mass is 9.75. The number of phenolic OH excluding ortho intramolecular Hbond substituents is 2. The number of aromatic nitrogens is 2. The van der Waals surface area contributed by atoms with E-state index in [1.807, 2.05) is 31.2 Å². The van der Waals surface area contributed by atoms with Crippen molar-refractivity contribution in [3.05, 3.63) is 219 Å². The Labute approximate surface area is 421 Å². The van der Waals surface area contributed by atoms with Gasteiger partial charge in [-0.3, -0.25) is 47.8 Å². The number of anilines is 1. The third-order valence-electron chi connectivity index (χ3n) is 13.9. The molecule has 374 valence electrons. The standard InChI is InChI=1S/C30H20N2O5.C27H19F3N2O6/c1-17-3-9-21(10-4-17)37-22-11-7-20(8-12-22)32-29(35)24-14-6-19(16-26(24)30(32)36)18-5-13-23-25(15-18)28(34)31(2)27(23)33;1-12-8-13(4-6-20(12)33)26(2,27(28,29)30)14-5-7-21(34)19(9-14)32-24(37)17-10-15-16(11-18(17)25(32)38)23(36)31(3)22(15)35/h3-16H,1-2H3;4-11,33-34H,1-3H3. The number of halogens is 3. The molecule has 1 atom stereocenters. The van der Waals surface area contributed by atoms with Gasteiger partial charge < -0.3 is 14.9 Å². The molecule has 4 heterocycles. The third kappa shape index (κ3) is 7.76. The van der Waals surface area contributed by atoms with Gasteiger partial charge in [0.05, 0.1) is 55.2 Å². The number of amides is 4. The summed E-state index contributed by atoms with van der Waals surface area (Å²) in [4.78, 5) is 104. The molecule has 9 aromatic rings. The van der Waals surface area contributed by atoms with E-state index in [2.05, 4.69) is 0 Å². The molecule has 0 saturated heterocycles. The van der Waals surface area contributed by atoms with Gasteiger partial charge in [-0.1, -0.05) is 48.0 Å². The molecule has 0 saturated carbocycles. The first-order valence-electron chi connectivity index (χ1n) is 22.9. The molecule has 2 aromatic heterocycles. The van der Waals surface area contributed by atoms with E-state index in [4.69, 9.17) is 4.74 Å². The molecule has 15 nitrogen and oxygen atoms in total. The number of fused-ring (bicyclic) bond motifs is 4. The molecule has 1 unspecified atom stereocenters. The van der Waals surface area contributed by atoms with Gasteiger partial charge in [0.15, 0.2) is 0 Å². The first kappa shape index (κ1) is 48.9. The van der Waals surface area contributed by atoms with Crippen LogP contribution in [0.3, 0.4) is 0 Å². The molecule has 2 N–H and O–H groups in total. The number of hydrogen-bond acceptors (Lipinski definition) is 11. The topological polar surface area (TPSA) is 203 Å². The lowest BCUT2D eigenvalue weighted by Gasteiger charge is -2.34. The monoisotopic (exact) mass is 1010 g/mol. The number of aromatic hydroxyl groups is 2. The van der Waals surface area contributed by atoms with Crippen LogP contribution in [0.2, 0.25) is 0 Å². The minimum Gasteiger partial charge on any atom is -0.508 e. The number of aryl methyl sites for hydroxylation is 2. The van der Waals surface area contributed by atoms with E-state index in [1.165, 1.54) is 27.1 Å². The largest absolute Gasteiger partial charge is 0.508 e. The summed E-state index contributed by atoms with van der Waals surface area (Å²) in [7, 11) is 2.70. The molecule has 7 aromatic carbocycles. The summed E-state index contributed by atoms with van der Waals surface area (Å²) in [6.45, 7) is 4.36. The van der Waals surface area contributed by atoms with Crippen molar-refractivity contribution in [1.82, 2.24) is 14.0 Å². The van der Waals surface area contributed by atoms with Crippen molar-refractivity contribution in [3.63, 3.8) is 0 Å². The number of carbonyl (C=O) groups excluding carboxylic acids is 4. The fourth-order valence-corrected chi connectivity index (χ4v) is 9.39. The number of imide groups is 2. The second kappa shape index (κ2) is 17.5. The maximum atomic E-state index is 14.6. The summed E-state index contributed by atoms with van der Waals surface area (Å²) in [6, 6.07) is 33.0. The first-order chi connectivity index (χ1) is 35.5. The van der Waals surface area contributed by atoms with Gasteiger partial charge >= 0.3 is 6.18 Å². The zero-order valence-electron chi connectivity index (χ0n) is 40.2. The summed E-state index contributed by atoms with van der Waals surface area (Å²) in [5, 5.41) is 19.8. The Kier molecular flexibility index (Phi) is 11.4. The lowest BCUT2D eigenvalue weighted by molar-refractivity contribution is -0.173. The van der Waals surface area contributed by atoms with E-state index in [0.717, 1.165) is 69.3 Å². The summed E-state index contributed by atoms with van der Waals surface area (Å²) in [5.41, 5.74) is -2.63. The molecule has 4 amide bonds. The van der Waals surface area contributed by atoms with Gasteiger partial charge in [0.1, 0.15) is 28.4 Å². The number of benzene rings is 7.